The molecular weight excluding hydrogens is 234 g/mol. The highest BCUT2D eigenvalue weighted by Gasteiger charge is 2.38. The Morgan fingerprint density at radius 2 is 2.00 bits per heavy atom. The smallest absolute Gasteiger partial charge is 0.123 e. The van der Waals surface area contributed by atoms with Crippen molar-refractivity contribution in [3.8, 4) is 5.75 Å². The molecule has 1 unspecified atom stereocenters. The summed E-state index contributed by atoms with van der Waals surface area (Å²) in [6, 6.07) is 6.92. The number of benzene rings is 1. The van der Waals surface area contributed by atoms with E-state index in [1.807, 2.05) is 0 Å². The van der Waals surface area contributed by atoms with Crippen molar-refractivity contribution in [1.29, 1.82) is 0 Å². The number of methoxy groups -OCH3 is 1. The third kappa shape index (κ3) is 2.94. The van der Waals surface area contributed by atoms with Crippen LogP contribution in [0, 0.1) is 12.3 Å². The quantitative estimate of drug-likeness (QED) is 0.856. The molecule has 19 heavy (non-hydrogen) atoms. The van der Waals surface area contributed by atoms with Crippen molar-refractivity contribution in [2.24, 2.45) is 5.41 Å². The Labute approximate surface area is 117 Å². The second-order valence-electron chi connectivity index (χ2n) is 6.10. The predicted molar refractivity (Wildman–Crippen MR) is 80.7 cm³/mol. The molecule has 0 amide bonds. The van der Waals surface area contributed by atoms with Crippen LogP contribution in [0.5, 0.6) is 5.75 Å². The van der Waals surface area contributed by atoms with Crippen LogP contribution < -0.4 is 10.1 Å². The highest BCUT2D eigenvalue weighted by Crippen LogP contribution is 2.49. The van der Waals surface area contributed by atoms with Crippen LogP contribution in [0.25, 0.3) is 0 Å². The lowest BCUT2D eigenvalue weighted by Gasteiger charge is -2.36. The van der Waals surface area contributed by atoms with Crippen LogP contribution in [0.15, 0.2) is 18.2 Å². The average Bonchev–Trinajstić information content (AvgIpc) is 2.83. The van der Waals surface area contributed by atoms with Gasteiger partial charge in [-0.2, -0.15) is 0 Å². The van der Waals surface area contributed by atoms with Crippen LogP contribution in [-0.2, 0) is 0 Å². The molecule has 1 aromatic rings. The summed E-state index contributed by atoms with van der Waals surface area (Å²) in [6.07, 6.45) is 5.32. The summed E-state index contributed by atoms with van der Waals surface area (Å²) in [7, 11) is 1.77. The van der Waals surface area contributed by atoms with Gasteiger partial charge in [0.05, 0.1) is 7.11 Å². The monoisotopic (exact) mass is 261 g/mol. The molecule has 1 N–H and O–H groups in total. The van der Waals surface area contributed by atoms with E-state index >= 15 is 0 Å². The standard InChI is InChI=1S/C17H27NO/c1-5-18-16(17(3)10-6-7-11-17)14-12-13(2)8-9-15(14)19-4/h8-9,12,16,18H,5-7,10-11H2,1-4H3. The molecule has 0 radical (unpaired) electrons. The lowest BCUT2D eigenvalue weighted by atomic mass is 9.76. The number of rotatable bonds is 5. The largest absolute Gasteiger partial charge is 0.496 e. The highest BCUT2D eigenvalue weighted by molar-refractivity contribution is 5.40. The van der Waals surface area contributed by atoms with Crippen molar-refractivity contribution in [3.63, 3.8) is 0 Å². The first-order valence-electron chi connectivity index (χ1n) is 7.48. The molecule has 2 heteroatoms. The summed E-state index contributed by atoms with van der Waals surface area (Å²) < 4.78 is 5.59. The first-order valence-corrected chi connectivity index (χ1v) is 7.48. The maximum atomic E-state index is 5.59. The van der Waals surface area contributed by atoms with Crippen LogP contribution in [0.2, 0.25) is 0 Å². The van der Waals surface area contributed by atoms with E-state index in [2.05, 4.69) is 44.3 Å². The molecule has 1 aliphatic carbocycles. The van der Waals surface area contributed by atoms with Crippen molar-refractivity contribution < 1.29 is 4.74 Å². The maximum absolute atomic E-state index is 5.59. The van der Waals surface area contributed by atoms with Crippen molar-refractivity contribution in [2.75, 3.05) is 13.7 Å². The van der Waals surface area contributed by atoms with Gasteiger partial charge in [-0.1, -0.05) is 44.4 Å². The average molecular weight is 261 g/mol. The SMILES string of the molecule is CCNC(c1cc(C)ccc1OC)C1(C)CCCC1. The molecule has 0 saturated heterocycles. The fraction of sp³-hybridized carbons (Fsp3) is 0.647. The normalized spacial score (nSPS) is 19.4. The summed E-state index contributed by atoms with van der Waals surface area (Å²) in [5.74, 6) is 1.02. The Hall–Kier alpha value is -1.02. The fourth-order valence-corrected chi connectivity index (χ4v) is 3.49. The van der Waals surface area contributed by atoms with Crippen molar-refractivity contribution in [2.45, 2.75) is 52.5 Å². The van der Waals surface area contributed by atoms with Crippen molar-refractivity contribution in [1.82, 2.24) is 5.32 Å². The molecular formula is C17H27NO. The predicted octanol–water partition coefficient (Wildman–Crippen LogP) is 4.23. The molecule has 0 aromatic heterocycles. The first kappa shape index (κ1) is 14.4. The highest BCUT2D eigenvalue weighted by atomic mass is 16.5. The number of hydrogen-bond acceptors (Lipinski definition) is 2. The van der Waals surface area contributed by atoms with Gasteiger partial charge in [-0.15, -0.1) is 0 Å². The minimum Gasteiger partial charge on any atom is -0.496 e. The van der Waals surface area contributed by atoms with Gasteiger partial charge in [0, 0.05) is 11.6 Å². The van der Waals surface area contributed by atoms with Crippen LogP contribution in [0.4, 0.5) is 0 Å². The van der Waals surface area contributed by atoms with Crippen molar-refractivity contribution in [3.05, 3.63) is 29.3 Å². The van der Waals surface area contributed by atoms with Gasteiger partial charge in [0.2, 0.25) is 0 Å². The van der Waals surface area contributed by atoms with E-state index < -0.39 is 0 Å². The summed E-state index contributed by atoms with van der Waals surface area (Å²) in [6.45, 7) is 7.77. The summed E-state index contributed by atoms with van der Waals surface area (Å²) >= 11 is 0. The number of nitrogens with one attached hydrogen (secondary N) is 1. The van der Waals surface area contributed by atoms with E-state index in [1.54, 1.807) is 7.11 Å². The zero-order chi connectivity index (χ0) is 13.9. The Morgan fingerprint density at radius 3 is 2.58 bits per heavy atom. The van der Waals surface area contributed by atoms with E-state index in [1.165, 1.54) is 36.8 Å². The number of hydrogen-bond donors (Lipinski definition) is 1. The Morgan fingerprint density at radius 1 is 1.32 bits per heavy atom. The maximum Gasteiger partial charge on any atom is 0.123 e. The van der Waals surface area contributed by atoms with Crippen LogP contribution in [0.1, 0.15) is 56.7 Å². The molecule has 2 nitrogen and oxygen atoms in total. The van der Waals surface area contributed by atoms with Crippen molar-refractivity contribution >= 4 is 0 Å². The summed E-state index contributed by atoms with van der Waals surface area (Å²) in [5.41, 5.74) is 2.99. The van der Waals surface area contributed by atoms with Crippen LogP contribution in [-0.4, -0.2) is 13.7 Å². The molecule has 1 fully saturated rings. The van der Waals surface area contributed by atoms with Gasteiger partial charge in [-0.3, -0.25) is 0 Å². The van der Waals surface area contributed by atoms with Crippen LogP contribution >= 0.6 is 0 Å². The summed E-state index contributed by atoms with van der Waals surface area (Å²) in [4.78, 5) is 0. The lowest BCUT2D eigenvalue weighted by Crippen LogP contribution is -2.34. The molecule has 2 rings (SSSR count). The topological polar surface area (TPSA) is 21.3 Å². The van der Waals surface area contributed by atoms with Crippen LogP contribution in [0.3, 0.4) is 0 Å². The van der Waals surface area contributed by atoms with E-state index in [9.17, 15) is 0 Å². The molecule has 0 heterocycles. The van der Waals surface area contributed by atoms with Gasteiger partial charge in [-0.05, 0) is 37.8 Å². The Bertz CT molecular complexity index is 421. The van der Waals surface area contributed by atoms with E-state index in [0.717, 1.165) is 12.3 Å². The minimum absolute atomic E-state index is 0.358. The Kier molecular flexibility index (Phi) is 4.51. The van der Waals surface area contributed by atoms with Gasteiger partial charge < -0.3 is 10.1 Å². The number of ether oxygens (including phenoxy) is 1. The zero-order valence-corrected chi connectivity index (χ0v) is 12.8. The van der Waals surface area contributed by atoms with E-state index in [4.69, 9.17) is 4.74 Å². The second-order valence-corrected chi connectivity index (χ2v) is 6.10. The van der Waals surface area contributed by atoms with Gasteiger partial charge in [0.1, 0.15) is 5.75 Å². The second kappa shape index (κ2) is 5.96. The molecule has 0 aliphatic heterocycles. The minimum atomic E-state index is 0.358. The first-order chi connectivity index (χ1) is 9.10. The van der Waals surface area contributed by atoms with E-state index in [0.29, 0.717) is 11.5 Å². The zero-order valence-electron chi connectivity index (χ0n) is 12.8. The molecule has 1 aliphatic rings. The molecule has 106 valence electrons. The van der Waals surface area contributed by atoms with E-state index in [-0.39, 0.29) is 0 Å². The van der Waals surface area contributed by atoms with Gasteiger partial charge >= 0.3 is 0 Å². The van der Waals surface area contributed by atoms with Gasteiger partial charge in [-0.25, -0.2) is 0 Å². The molecule has 1 aromatic carbocycles. The van der Waals surface area contributed by atoms with Gasteiger partial charge in [0.15, 0.2) is 0 Å². The third-order valence-electron chi connectivity index (χ3n) is 4.55. The Balaban J connectivity index is 2.40. The lowest BCUT2D eigenvalue weighted by molar-refractivity contribution is 0.221. The fourth-order valence-electron chi connectivity index (χ4n) is 3.49. The molecule has 1 saturated carbocycles. The molecule has 0 bridgehead atoms. The number of aryl methyl sites for hydroxylation is 1. The van der Waals surface area contributed by atoms with Gasteiger partial charge in [0.25, 0.3) is 0 Å². The molecule has 1 atom stereocenters. The molecule has 0 spiro atoms. The summed E-state index contributed by atoms with van der Waals surface area (Å²) in [5, 5.41) is 3.70. The third-order valence-corrected chi connectivity index (χ3v) is 4.55.